The third-order valence-electron chi connectivity index (χ3n) is 5.01. The van der Waals surface area contributed by atoms with Gasteiger partial charge in [-0.05, 0) is 41.0 Å². The van der Waals surface area contributed by atoms with Crippen molar-refractivity contribution in [2.24, 2.45) is 0 Å². The Morgan fingerprint density at radius 3 is 2.12 bits per heavy atom. The molecule has 0 bridgehead atoms. The first-order valence-corrected chi connectivity index (χ1v) is 10.6. The van der Waals surface area contributed by atoms with Crippen LogP contribution in [0.25, 0.3) is 0 Å². The van der Waals surface area contributed by atoms with Crippen LogP contribution in [0.3, 0.4) is 0 Å². The maximum Gasteiger partial charge on any atom is 0.411 e. The van der Waals surface area contributed by atoms with Crippen molar-refractivity contribution in [3.8, 4) is 5.75 Å². The molecule has 34 heavy (non-hydrogen) atoms. The van der Waals surface area contributed by atoms with Crippen molar-refractivity contribution >= 4 is 23.7 Å². The van der Waals surface area contributed by atoms with E-state index in [4.69, 9.17) is 9.47 Å². The standard InChI is InChI=1S/C26H26N2O6/c1-33-22-13-9-18(10-14-22)15-23(25(30)31)28-24(29)16-19-7-11-21(12-8-19)27-26(32)34-17-20-5-3-2-4-6-20/h2-14,23H,15-17H2,1H3,(H,27,32)(H,28,29)(H,30,31)/t23-/m0/s1. The van der Waals surface area contributed by atoms with Crippen LogP contribution in [-0.4, -0.2) is 36.2 Å². The van der Waals surface area contributed by atoms with Crippen molar-refractivity contribution in [1.29, 1.82) is 0 Å². The number of carbonyl (C=O) groups is 3. The van der Waals surface area contributed by atoms with Crippen LogP contribution in [0, 0.1) is 0 Å². The lowest BCUT2D eigenvalue weighted by atomic mass is 10.0. The number of amides is 2. The third kappa shape index (κ3) is 7.67. The topological polar surface area (TPSA) is 114 Å². The van der Waals surface area contributed by atoms with Crippen molar-refractivity contribution in [1.82, 2.24) is 5.32 Å². The molecule has 3 aromatic carbocycles. The molecule has 3 aromatic rings. The van der Waals surface area contributed by atoms with E-state index in [1.807, 2.05) is 30.3 Å². The molecule has 3 N–H and O–H groups in total. The average Bonchev–Trinajstić information content (AvgIpc) is 2.84. The summed E-state index contributed by atoms with van der Waals surface area (Å²) in [6.45, 7) is 0.159. The van der Waals surface area contributed by atoms with Gasteiger partial charge in [-0.15, -0.1) is 0 Å². The molecular weight excluding hydrogens is 436 g/mol. The van der Waals surface area contributed by atoms with Gasteiger partial charge in [0.25, 0.3) is 0 Å². The fourth-order valence-corrected chi connectivity index (χ4v) is 3.21. The van der Waals surface area contributed by atoms with Gasteiger partial charge in [0.1, 0.15) is 18.4 Å². The van der Waals surface area contributed by atoms with E-state index < -0.39 is 24.0 Å². The van der Waals surface area contributed by atoms with Crippen LogP contribution in [0.2, 0.25) is 0 Å². The molecule has 0 spiro atoms. The van der Waals surface area contributed by atoms with Crippen LogP contribution in [0.15, 0.2) is 78.9 Å². The minimum atomic E-state index is -1.11. The highest BCUT2D eigenvalue weighted by Gasteiger charge is 2.20. The number of hydrogen-bond acceptors (Lipinski definition) is 5. The molecule has 176 valence electrons. The largest absolute Gasteiger partial charge is 0.497 e. The molecule has 8 heteroatoms. The van der Waals surface area contributed by atoms with Crippen molar-refractivity contribution < 1.29 is 29.0 Å². The Hall–Kier alpha value is -4.33. The van der Waals surface area contributed by atoms with E-state index in [1.165, 1.54) is 0 Å². The monoisotopic (exact) mass is 462 g/mol. The van der Waals surface area contributed by atoms with Crippen LogP contribution in [0.4, 0.5) is 10.5 Å². The van der Waals surface area contributed by atoms with Gasteiger partial charge in [0.05, 0.1) is 13.5 Å². The number of benzene rings is 3. The average molecular weight is 463 g/mol. The fraction of sp³-hybridized carbons (Fsp3) is 0.192. The summed E-state index contributed by atoms with van der Waals surface area (Å²) in [5, 5.41) is 14.7. The molecule has 0 heterocycles. The van der Waals surface area contributed by atoms with E-state index >= 15 is 0 Å². The number of carboxylic acids is 1. The highest BCUT2D eigenvalue weighted by molar-refractivity contribution is 5.86. The number of ether oxygens (including phenoxy) is 2. The van der Waals surface area contributed by atoms with Gasteiger partial charge >= 0.3 is 12.1 Å². The summed E-state index contributed by atoms with van der Waals surface area (Å²) in [4.78, 5) is 36.0. The van der Waals surface area contributed by atoms with Crippen LogP contribution >= 0.6 is 0 Å². The van der Waals surface area contributed by atoms with Crippen LogP contribution in [0.1, 0.15) is 16.7 Å². The maximum absolute atomic E-state index is 12.4. The molecule has 0 fully saturated rings. The van der Waals surface area contributed by atoms with Crippen LogP contribution in [-0.2, 0) is 33.8 Å². The Morgan fingerprint density at radius 1 is 0.853 bits per heavy atom. The molecule has 0 aliphatic carbocycles. The summed E-state index contributed by atoms with van der Waals surface area (Å²) in [5.74, 6) is -0.858. The molecule has 0 unspecified atom stereocenters. The number of carboxylic acid groups (broad SMARTS) is 1. The van der Waals surface area contributed by atoms with Crippen LogP contribution < -0.4 is 15.4 Å². The Balaban J connectivity index is 1.48. The minimum absolute atomic E-state index is 0.00509. The maximum atomic E-state index is 12.4. The fourth-order valence-electron chi connectivity index (χ4n) is 3.21. The summed E-state index contributed by atoms with van der Waals surface area (Å²) < 4.78 is 10.3. The summed E-state index contributed by atoms with van der Waals surface area (Å²) >= 11 is 0. The molecule has 8 nitrogen and oxygen atoms in total. The number of nitrogens with one attached hydrogen (secondary N) is 2. The first-order chi connectivity index (χ1) is 16.4. The number of aliphatic carboxylic acids is 1. The zero-order chi connectivity index (χ0) is 24.3. The Bertz CT molecular complexity index is 1100. The van der Waals surface area contributed by atoms with Crippen molar-refractivity contribution in [3.63, 3.8) is 0 Å². The number of anilines is 1. The second-order valence-corrected chi connectivity index (χ2v) is 7.57. The van der Waals surface area contributed by atoms with E-state index in [2.05, 4.69) is 10.6 Å². The quantitative estimate of drug-likeness (QED) is 0.422. The third-order valence-corrected chi connectivity index (χ3v) is 5.01. The van der Waals surface area contributed by atoms with E-state index in [0.29, 0.717) is 17.0 Å². The molecule has 3 rings (SSSR count). The van der Waals surface area contributed by atoms with Gasteiger partial charge in [0.15, 0.2) is 0 Å². The van der Waals surface area contributed by atoms with Gasteiger partial charge in [-0.3, -0.25) is 10.1 Å². The smallest absolute Gasteiger partial charge is 0.411 e. The predicted molar refractivity (Wildman–Crippen MR) is 127 cm³/mol. The highest BCUT2D eigenvalue weighted by Crippen LogP contribution is 2.14. The van der Waals surface area contributed by atoms with Crippen molar-refractivity contribution in [3.05, 3.63) is 95.6 Å². The molecule has 0 saturated heterocycles. The summed E-state index contributed by atoms with van der Waals surface area (Å²) in [5.41, 5.74) is 2.84. The van der Waals surface area contributed by atoms with Gasteiger partial charge in [0, 0.05) is 12.1 Å². The van der Waals surface area contributed by atoms with E-state index in [0.717, 1.165) is 11.1 Å². The van der Waals surface area contributed by atoms with Crippen LogP contribution in [0.5, 0.6) is 5.75 Å². The summed E-state index contributed by atoms with van der Waals surface area (Å²) in [7, 11) is 1.55. The Labute approximate surface area is 197 Å². The molecule has 0 aliphatic rings. The van der Waals surface area contributed by atoms with Gasteiger partial charge in [-0.1, -0.05) is 54.6 Å². The molecule has 2 amide bonds. The number of hydrogen-bond donors (Lipinski definition) is 3. The SMILES string of the molecule is COc1ccc(C[C@H](NC(=O)Cc2ccc(NC(=O)OCc3ccccc3)cc2)C(=O)O)cc1. The lowest BCUT2D eigenvalue weighted by Crippen LogP contribution is -2.43. The Kier molecular flexibility index (Phi) is 8.62. The second kappa shape index (κ2) is 12.1. The predicted octanol–water partition coefficient (Wildman–Crippen LogP) is 3.80. The summed E-state index contributed by atoms with van der Waals surface area (Å²) in [6.07, 6.45) is -0.429. The van der Waals surface area contributed by atoms with E-state index in [9.17, 15) is 19.5 Å². The van der Waals surface area contributed by atoms with Gasteiger partial charge < -0.3 is 19.9 Å². The molecule has 1 atom stereocenters. The first kappa shape index (κ1) is 24.3. The molecule has 0 aromatic heterocycles. The van der Waals surface area contributed by atoms with Gasteiger partial charge in [-0.2, -0.15) is 0 Å². The van der Waals surface area contributed by atoms with Gasteiger partial charge in [0.2, 0.25) is 5.91 Å². The summed E-state index contributed by atoms with van der Waals surface area (Å²) in [6, 6.07) is 22.0. The highest BCUT2D eigenvalue weighted by atomic mass is 16.5. The minimum Gasteiger partial charge on any atom is -0.497 e. The number of methoxy groups -OCH3 is 1. The molecule has 0 radical (unpaired) electrons. The van der Waals surface area contributed by atoms with E-state index in [-0.39, 0.29) is 19.4 Å². The number of rotatable bonds is 10. The van der Waals surface area contributed by atoms with E-state index in [1.54, 1.807) is 55.6 Å². The number of carbonyl (C=O) groups excluding carboxylic acids is 2. The first-order valence-electron chi connectivity index (χ1n) is 10.6. The molecular formula is C26H26N2O6. The normalized spacial score (nSPS) is 11.2. The molecule has 0 saturated carbocycles. The molecule has 0 aliphatic heterocycles. The lowest BCUT2D eigenvalue weighted by Gasteiger charge is -2.15. The zero-order valence-corrected chi connectivity index (χ0v) is 18.7. The van der Waals surface area contributed by atoms with Crippen molar-refractivity contribution in [2.75, 3.05) is 12.4 Å². The Morgan fingerprint density at radius 2 is 1.50 bits per heavy atom. The second-order valence-electron chi connectivity index (χ2n) is 7.57. The van der Waals surface area contributed by atoms with Crippen molar-refractivity contribution in [2.45, 2.75) is 25.5 Å². The van der Waals surface area contributed by atoms with Gasteiger partial charge in [-0.25, -0.2) is 9.59 Å². The lowest BCUT2D eigenvalue weighted by molar-refractivity contribution is -0.141. The zero-order valence-electron chi connectivity index (χ0n) is 18.7.